The monoisotopic (exact) mass is 294 g/mol. The van der Waals surface area contributed by atoms with E-state index in [-0.39, 0.29) is 18.1 Å². The SMILES string of the molecule is Cc1noc(C)c1C(=O)OCC(=O)NCc1cccs1. The van der Waals surface area contributed by atoms with Gasteiger partial charge in [0, 0.05) is 4.88 Å². The van der Waals surface area contributed by atoms with E-state index in [1.807, 2.05) is 17.5 Å². The summed E-state index contributed by atoms with van der Waals surface area (Å²) in [6, 6.07) is 3.82. The van der Waals surface area contributed by atoms with Crippen LogP contribution in [0.4, 0.5) is 0 Å². The summed E-state index contributed by atoms with van der Waals surface area (Å²) in [6.45, 7) is 3.37. The zero-order chi connectivity index (χ0) is 14.5. The number of rotatable bonds is 5. The number of aryl methyl sites for hydroxylation is 2. The lowest BCUT2D eigenvalue weighted by Gasteiger charge is -2.05. The van der Waals surface area contributed by atoms with Crippen LogP contribution >= 0.6 is 11.3 Å². The summed E-state index contributed by atoms with van der Waals surface area (Å²) in [5, 5.41) is 8.26. The highest BCUT2D eigenvalue weighted by atomic mass is 32.1. The van der Waals surface area contributed by atoms with E-state index < -0.39 is 5.97 Å². The number of nitrogens with one attached hydrogen (secondary N) is 1. The Bertz CT molecular complexity index is 584. The summed E-state index contributed by atoms with van der Waals surface area (Å²) in [5.41, 5.74) is 0.725. The Labute approximate surface area is 119 Å². The molecule has 0 bridgehead atoms. The summed E-state index contributed by atoms with van der Waals surface area (Å²) in [4.78, 5) is 24.4. The molecule has 0 aliphatic heterocycles. The molecule has 0 fully saturated rings. The summed E-state index contributed by atoms with van der Waals surface area (Å²) in [6.07, 6.45) is 0. The molecule has 2 aromatic rings. The second-order valence-electron chi connectivity index (χ2n) is 4.13. The van der Waals surface area contributed by atoms with Crippen molar-refractivity contribution >= 4 is 23.2 Å². The van der Waals surface area contributed by atoms with Crippen LogP contribution in [0.15, 0.2) is 22.0 Å². The third-order valence-corrected chi connectivity index (χ3v) is 3.49. The third-order valence-electron chi connectivity index (χ3n) is 2.61. The standard InChI is InChI=1S/C13H14N2O4S/c1-8-12(9(2)19-15-8)13(17)18-7-11(16)14-6-10-4-3-5-20-10/h3-5H,6-7H2,1-2H3,(H,14,16). The molecule has 6 nitrogen and oxygen atoms in total. The van der Waals surface area contributed by atoms with E-state index in [2.05, 4.69) is 10.5 Å². The first-order valence-electron chi connectivity index (χ1n) is 5.97. The lowest BCUT2D eigenvalue weighted by Crippen LogP contribution is -2.28. The number of carbonyl (C=O) groups excluding carboxylic acids is 2. The molecule has 0 aliphatic carbocycles. The van der Waals surface area contributed by atoms with Crippen molar-refractivity contribution < 1.29 is 18.8 Å². The molecule has 0 saturated heterocycles. The Hall–Kier alpha value is -2.15. The molecule has 0 saturated carbocycles. The van der Waals surface area contributed by atoms with E-state index in [4.69, 9.17) is 9.26 Å². The molecule has 0 spiro atoms. The molecule has 0 radical (unpaired) electrons. The molecular formula is C13H14N2O4S. The average Bonchev–Trinajstić information content (AvgIpc) is 3.04. The number of hydrogen-bond donors (Lipinski definition) is 1. The molecule has 0 aliphatic rings. The zero-order valence-electron chi connectivity index (χ0n) is 11.1. The number of ether oxygens (including phenoxy) is 1. The van der Waals surface area contributed by atoms with Crippen LogP contribution in [-0.2, 0) is 16.1 Å². The third kappa shape index (κ3) is 3.45. The zero-order valence-corrected chi connectivity index (χ0v) is 12.0. The first-order chi connectivity index (χ1) is 9.58. The van der Waals surface area contributed by atoms with Crippen molar-refractivity contribution in [1.29, 1.82) is 0 Å². The van der Waals surface area contributed by atoms with Crippen LogP contribution in [-0.4, -0.2) is 23.6 Å². The van der Waals surface area contributed by atoms with Crippen LogP contribution < -0.4 is 5.32 Å². The molecular weight excluding hydrogens is 280 g/mol. The number of carbonyl (C=O) groups is 2. The van der Waals surface area contributed by atoms with Gasteiger partial charge in [0.05, 0.1) is 12.2 Å². The lowest BCUT2D eigenvalue weighted by atomic mass is 10.2. The maximum absolute atomic E-state index is 11.8. The van der Waals surface area contributed by atoms with E-state index in [1.165, 1.54) is 0 Å². The minimum atomic E-state index is -0.604. The van der Waals surface area contributed by atoms with Crippen LogP contribution in [0.5, 0.6) is 0 Å². The van der Waals surface area contributed by atoms with Gasteiger partial charge in [-0.2, -0.15) is 0 Å². The van der Waals surface area contributed by atoms with Gasteiger partial charge in [-0.3, -0.25) is 4.79 Å². The maximum Gasteiger partial charge on any atom is 0.344 e. The lowest BCUT2D eigenvalue weighted by molar-refractivity contribution is -0.124. The van der Waals surface area contributed by atoms with Crippen molar-refractivity contribution in [2.45, 2.75) is 20.4 Å². The average molecular weight is 294 g/mol. The van der Waals surface area contributed by atoms with E-state index in [0.29, 0.717) is 18.0 Å². The van der Waals surface area contributed by atoms with Gasteiger partial charge in [0.15, 0.2) is 6.61 Å². The Morgan fingerprint density at radius 3 is 2.85 bits per heavy atom. The van der Waals surface area contributed by atoms with E-state index in [1.54, 1.807) is 25.2 Å². The molecule has 106 valence electrons. The Kier molecular flexibility index (Phi) is 4.52. The van der Waals surface area contributed by atoms with Gasteiger partial charge in [-0.25, -0.2) is 4.79 Å². The van der Waals surface area contributed by atoms with Crippen molar-refractivity contribution in [3.63, 3.8) is 0 Å². The summed E-state index contributed by atoms with van der Waals surface area (Å²) in [5.74, 6) is -0.572. The van der Waals surface area contributed by atoms with Crippen molar-refractivity contribution in [3.05, 3.63) is 39.4 Å². The minimum absolute atomic E-state index is 0.274. The number of nitrogens with zero attached hydrogens (tertiary/aromatic N) is 1. The molecule has 1 amide bonds. The molecule has 1 N–H and O–H groups in total. The van der Waals surface area contributed by atoms with Crippen molar-refractivity contribution in [1.82, 2.24) is 10.5 Å². The number of thiophene rings is 1. The molecule has 0 aromatic carbocycles. The van der Waals surface area contributed by atoms with Gasteiger partial charge >= 0.3 is 5.97 Å². The van der Waals surface area contributed by atoms with E-state index >= 15 is 0 Å². The van der Waals surface area contributed by atoms with Crippen molar-refractivity contribution in [3.8, 4) is 0 Å². The normalized spacial score (nSPS) is 10.3. The van der Waals surface area contributed by atoms with Crippen molar-refractivity contribution in [2.75, 3.05) is 6.61 Å². The highest BCUT2D eigenvalue weighted by Gasteiger charge is 2.19. The van der Waals surface area contributed by atoms with Crippen LogP contribution in [0.25, 0.3) is 0 Å². The van der Waals surface area contributed by atoms with Crippen LogP contribution in [0.1, 0.15) is 26.7 Å². The van der Waals surface area contributed by atoms with Gasteiger partial charge in [-0.15, -0.1) is 11.3 Å². The molecule has 0 atom stereocenters. The number of aromatic nitrogens is 1. The Morgan fingerprint density at radius 1 is 1.45 bits per heavy atom. The summed E-state index contributed by atoms with van der Waals surface area (Å²) in [7, 11) is 0. The van der Waals surface area contributed by atoms with Gasteiger partial charge < -0.3 is 14.6 Å². The van der Waals surface area contributed by atoms with Crippen LogP contribution in [0, 0.1) is 13.8 Å². The van der Waals surface area contributed by atoms with Gasteiger partial charge in [0.25, 0.3) is 5.91 Å². The molecule has 2 rings (SSSR count). The Morgan fingerprint density at radius 2 is 2.25 bits per heavy atom. The molecule has 20 heavy (non-hydrogen) atoms. The number of esters is 1. The number of amides is 1. The molecule has 2 heterocycles. The van der Waals surface area contributed by atoms with Crippen LogP contribution in [0.2, 0.25) is 0 Å². The fourth-order valence-corrected chi connectivity index (χ4v) is 2.27. The van der Waals surface area contributed by atoms with Crippen molar-refractivity contribution in [2.24, 2.45) is 0 Å². The van der Waals surface area contributed by atoms with Gasteiger partial charge in [0.1, 0.15) is 11.3 Å². The molecule has 7 heteroatoms. The Balaban J connectivity index is 1.80. The summed E-state index contributed by atoms with van der Waals surface area (Å²) < 4.78 is 9.80. The first kappa shape index (κ1) is 14.3. The quantitative estimate of drug-likeness (QED) is 0.851. The fraction of sp³-hybridized carbons (Fsp3) is 0.308. The highest BCUT2D eigenvalue weighted by molar-refractivity contribution is 7.09. The number of hydrogen-bond acceptors (Lipinski definition) is 6. The predicted molar refractivity (Wildman–Crippen MR) is 72.4 cm³/mol. The predicted octanol–water partition coefficient (Wildman–Crippen LogP) is 1.83. The highest BCUT2D eigenvalue weighted by Crippen LogP contribution is 2.13. The van der Waals surface area contributed by atoms with Gasteiger partial charge in [0.2, 0.25) is 0 Å². The molecule has 2 aromatic heterocycles. The first-order valence-corrected chi connectivity index (χ1v) is 6.85. The second kappa shape index (κ2) is 6.33. The smallest absolute Gasteiger partial charge is 0.344 e. The maximum atomic E-state index is 11.8. The largest absolute Gasteiger partial charge is 0.452 e. The summed E-state index contributed by atoms with van der Waals surface area (Å²) >= 11 is 1.55. The molecule has 0 unspecified atom stereocenters. The second-order valence-corrected chi connectivity index (χ2v) is 5.16. The van der Waals surface area contributed by atoms with E-state index in [9.17, 15) is 9.59 Å². The fourth-order valence-electron chi connectivity index (χ4n) is 1.63. The van der Waals surface area contributed by atoms with E-state index in [0.717, 1.165) is 4.88 Å². The van der Waals surface area contributed by atoms with Gasteiger partial charge in [-0.05, 0) is 25.3 Å². The minimum Gasteiger partial charge on any atom is -0.452 e. The topological polar surface area (TPSA) is 81.4 Å². The van der Waals surface area contributed by atoms with Crippen LogP contribution in [0.3, 0.4) is 0 Å². The van der Waals surface area contributed by atoms with Gasteiger partial charge in [-0.1, -0.05) is 11.2 Å².